The van der Waals surface area contributed by atoms with E-state index in [1.807, 2.05) is 6.92 Å². The molecule has 0 spiro atoms. The van der Waals surface area contributed by atoms with Gasteiger partial charge in [0.25, 0.3) is 0 Å². The van der Waals surface area contributed by atoms with Crippen molar-refractivity contribution in [3.05, 3.63) is 60.2 Å². The first kappa shape index (κ1) is 22.8. The fourth-order valence-electron chi connectivity index (χ4n) is 2.82. The lowest BCUT2D eigenvalue weighted by atomic mass is 10.3. The molecule has 0 unspecified atom stereocenters. The molecule has 31 heavy (non-hydrogen) atoms. The molecule has 0 aliphatic heterocycles. The average molecular weight is 469 g/mol. The van der Waals surface area contributed by atoms with Gasteiger partial charge in [-0.3, -0.25) is 4.57 Å². The quantitative estimate of drug-likeness (QED) is 0.540. The second kappa shape index (κ2) is 8.73. The Labute approximate surface area is 179 Å². The van der Waals surface area contributed by atoms with E-state index in [9.17, 15) is 21.2 Å². The number of halogens is 1. The largest absolute Gasteiger partial charge is 0.424 e. The fourth-order valence-corrected chi connectivity index (χ4v) is 4.65. The van der Waals surface area contributed by atoms with Gasteiger partial charge in [-0.25, -0.2) is 25.9 Å². The molecule has 0 radical (unpaired) electrons. The summed E-state index contributed by atoms with van der Waals surface area (Å²) in [5, 5.41) is 8.00. The van der Waals surface area contributed by atoms with Crippen molar-refractivity contribution in [3.63, 3.8) is 0 Å². The van der Waals surface area contributed by atoms with Crippen LogP contribution in [0.1, 0.15) is 25.7 Å². The molecule has 0 aliphatic rings. The topological polar surface area (TPSA) is 120 Å². The van der Waals surface area contributed by atoms with Crippen molar-refractivity contribution < 1.29 is 26.0 Å². The lowest BCUT2D eigenvalue weighted by Gasteiger charge is -2.15. The minimum Gasteiger partial charge on any atom is -0.424 e. The molecule has 0 aliphatic carbocycles. The maximum absolute atomic E-state index is 13.1. The van der Waals surface area contributed by atoms with Crippen LogP contribution in [-0.4, -0.2) is 37.9 Å². The predicted octanol–water partition coefficient (Wildman–Crippen LogP) is 2.67. The van der Waals surface area contributed by atoms with E-state index in [2.05, 4.69) is 14.9 Å². The monoisotopic (exact) mass is 468 g/mol. The summed E-state index contributed by atoms with van der Waals surface area (Å²) in [6.07, 6.45) is 1.04. The second-order valence-corrected chi connectivity index (χ2v) is 10.5. The number of aromatic nitrogens is 3. The van der Waals surface area contributed by atoms with Gasteiger partial charge in [0.1, 0.15) is 11.6 Å². The Morgan fingerprint density at radius 1 is 1.00 bits per heavy atom. The van der Waals surface area contributed by atoms with Gasteiger partial charge in [-0.2, -0.15) is 0 Å². The SMILES string of the molecule is CCn1c(Oc2ccc(F)cc2)nnc1[C@@H](C)NS(=O)(=O)c1ccc(S(C)(=O)=O)cc1. The lowest BCUT2D eigenvalue weighted by Crippen LogP contribution is -2.29. The Kier molecular flexibility index (Phi) is 6.43. The highest BCUT2D eigenvalue weighted by molar-refractivity contribution is 7.90. The molecule has 1 heterocycles. The van der Waals surface area contributed by atoms with E-state index in [-0.39, 0.29) is 15.8 Å². The van der Waals surface area contributed by atoms with Crippen molar-refractivity contribution in [2.75, 3.05) is 6.26 Å². The number of nitrogens with one attached hydrogen (secondary N) is 1. The molecule has 0 saturated carbocycles. The first-order valence-electron chi connectivity index (χ1n) is 9.20. The van der Waals surface area contributed by atoms with Gasteiger partial charge in [0.15, 0.2) is 15.7 Å². The smallest absolute Gasteiger partial charge is 0.322 e. The molecule has 9 nitrogen and oxygen atoms in total. The normalized spacial score (nSPS) is 13.2. The minimum atomic E-state index is -3.96. The summed E-state index contributed by atoms with van der Waals surface area (Å²) in [4.78, 5) is -0.0649. The number of sulfone groups is 1. The number of rotatable bonds is 8. The fraction of sp³-hybridized carbons (Fsp3) is 0.263. The van der Waals surface area contributed by atoms with E-state index in [1.165, 1.54) is 48.5 Å². The zero-order valence-corrected chi connectivity index (χ0v) is 18.6. The van der Waals surface area contributed by atoms with Gasteiger partial charge in [-0.05, 0) is 62.4 Å². The Bertz CT molecular complexity index is 1270. The number of nitrogens with zero attached hydrogens (tertiary/aromatic N) is 3. The number of sulfonamides is 1. The molecule has 166 valence electrons. The predicted molar refractivity (Wildman–Crippen MR) is 110 cm³/mol. The zero-order chi connectivity index (χ0) is 22.8. The zero-order valence-electron chi connectivity index (χ0n) is 17.0. The number of ether oxygens (including phenoxy) is 1. The maximum atomic E-state index is 13.1. The highest BCUT2D eigenvalue weighted by Crippen LogP contribution is 2.24. The molecule has 1 atom stereocenters. The van der Waals surface area contributed by atoms with Crippen molar-refractivity contribution in [2.24, 2.45) is 0 Å². The van der Waals surface area contributed by atoms with E-state index < -0.39 is 31.7 Å². The van der Waals surface area contributed by atoms with Crippen LogP contribution in [0, 0.1) is 5.82 Å². The molecule has 0 saturated heterocycles. The Balaban J connectivity index is 1.81. The first-order chi connectivity index (χ1) is 14.5. The van der Waals surface area contributed by atoms with E-state index >= 15 is 0 Å². The summed E-state index contributed by atoms with van der Waals surface area (Å²) in [5.41, 5.74) is 0. The summed E-state index contributed by atoms with van der Waals surface area (Å²) in [5.74, 6) is 0.266. The third-order valence-corrected chi connectivity index (χ3v) is 7.05. The first-order valence-corrected chi connectivity index (χ1v) is 12.6. The lowest BCUT2D eigenvalue weighted by molar-refractivity contribution is 0.407. The van der Waals surface area contributed by atoms with Crippen LogP contribution in [0.4, 0.5) is 4.39 Å². The maximum Gasteiger partial charge on any atom is 0.322 e. The second-order valence-electron chi connectivity index (χ2n) is 6.73. The molecular weight excluding hydrogens is 447 g/mol. The Hall–Kier alpha value is -2.83. The van der Waals surface area contributed by atoms with Gasteiger partial charge in [-0.15, -0.1) is 5.10 Å². The van der Waals surface area contributed by atoms with Gasteiger partial charge >= 0.3 is 6.01 Å². The summed E-state index contributed by atoms with van der Waals surface area (Å²) < 4.78 is 71.4. The summed E-state index contributed by atoms with van der Waals surface area (Å²) in [6, 6.07) is 9.65. The summed E-state index contributed by atoms with van der Waals surface area (Å²) in [7, 11) is -7.39. The van der Waals surface area contributed by atoms with Crippen molar-refractivity contribution in [2.45, 2.75) is 36.2 Å². The molecule has 3 rings (SSSR count). The van der Waals surface area contributed by atoms with E-state index in [4.69, 9.17) is 4.74 Å². The number of hydrogen-bond donors (Lipinski definition) is 1. The van der Waals surface area contributed by atoms with Crippen LogP contribution in [0.25, 0.3) is 0 Å². The van der Waals surface area contributed by atoms with Gasteiger partial charge in [0.2, 0.25) is 10.0 Å². The molecule has 0 amide bonds. The number of benzene rings is 2. The van der Waals surface area contributed by atoms with Crippen LogP contribution >= 0.6 is 0 Å². The van der Waals surface area contributed by atoms with Gasteiger partial charge in [0, 0.05) is 12.8 Å². The van der Waals surface area contributed by atoms with Crippen LogP contribution in [0.15, 0.2) is 58.3 Å². The minimum absolute atomic E-state index is 0.0211. The third-order valence-electron chi connectivity index (χ3n) is 4.37. The molecule has 0 fully saturated rings. The van der Waals surface area contributed by atoms with Crippen molar-refractivity contribution in [1.29, 1.82) is 0 Å². The molecule has 0 bridgehead atoms. The van der Waals surface area contributed by atoms with Gasteiger partial charge in [-0.1, -0.05) is 5.10 Å². The number of hydrogen-bond acceptors (Lipinski definition) is 7. The van der Waals surface area contributed by atoms with Crippen LogP contribution in [-0.2, 0) is 26.4 Å². The van der Waals surface area contributed by atoms with E-state index in [0.29, 0.717) is 18.1 Å². The highest BCUT2D eigenvalue weighted by Gasteiger charge is 2.24. The molecular formula is C19H21FN4O5S2. The van der Waals surface area contributed by atoms with Crippen LogP contribution in [0.2, 0.25) is 0 Å². The molecule has 1 aromatic heterocycles. The summed E-state index contributed by atoms with van der Waals surface area (Å²) >= 11 is 0. The van der Waals surface area contributed by atoms with Gasteiger partial charge < -0.3 is 4.74 Å². The molecule has 12 heteroatoms. The summed E-state index contributed by atoms with van der Waals surface area (Å²) in [6.45, 7) is 3.81. The van der Waals surface area contributed by atoms with Crippen molar-refractivity contribution in [1.82, 2.24) is 19.5 Å². The average Bonchev–Trinajstić information content (AvgIpc) is 3.11. The van der Waals surface area contributed by atoms with Crippen molar-refractivity contribution >= 4 is 19.9 Å². The molecule has 2 aromatic carbocycles. The molecule has 1 N–H and O–H groups in total. The Morgan fingerprint density at radius 3 is 2.13 bits per heavy atom. The standard InChI is InChI=1S/C19H21FN4O5S2/c1-4-24-18(21-22-19(24)29-15-7-5-14(20)6-8-15)13(2)23-31(27,28)17-11-9-16(10-12-17)30(3,25)26/h5-13,23H,4H2,1-3H3/t13-/m1/s1. The third kappa shape index (κ3) is 5.27. The van der Waals surface area contributed by atoms with Crippen molar-refractivity contribution in [3.8, 4) is 11.8 Å². The van der Waals surface area contributed by atoms with E-state index in [0.717, 1.165) is 6.26 Å². The van der Waals surface area contributed by atoms with Gasteiger partial charge in [0.05, 0.1) is 15.8 Å². The Morgan fingerprint density at radius 2 is 1.58 bits per heavy atom. The van der Waals surface area contributed by atoms with Crippen LogP contribution in [0.5, 0.6) is 11.8 Å². The highest BCUT2D eigenvalue weighted by atomic mass is 32.2. The van der Waals surface area contributed by atoms with E-state index in [1.54, 1.807) is 11.5 Å². The van der Waals surface area contributed by atoms with Crippen LogP contribution in [0.3, 0.4) is 0 Å². The van der Waals surface area contributed by atoms with Crippen LogP contribution < -0.4 is 9.46 Å². The molecule has 3 aromatic rings.